The molecule has 2 saturated heterocycles. The molecule has 0 spiro atoms. The summed E-state index contributed by atoms with van der Waals surface area (Å²) in [4.78, 5) is 37.6. The molecule has 3 rings (SSSR count). The average molecular weight is 315 g/mol. The van der Waals surface area contributed by atoms with Crippen molar-refractivity contribution < 1.29 is 14.4 Å². The summed E-state index contributed by atoms with van der Waals surface area (Å²) in [6, 6.07) is 7.84. The Morgan fingerprint density at radius 1 is 1.09 bits per heavy atom. The van der Waals surface area contributed by atoms with Crippen LogP contribution in [0.3, 0.4) is 0 Å². The van der Waals surface area contributed by atoms with Crippen LogP contribution in [0.2, 0.25) is 0 Å². The Labute approximate surface area is 135 Å². The Balaban J connectivity index is 1.58. The Morgan fingerprint density at radius 2 is 1.78 bits per heavy atom. The van der Waals surface area contributed by atoms with Crippen LogP contribution in [0.25, 0.3) is 0 Å². The second-order valence-electron chi connectivity index (χ2n) is 6.15. The molecule has 0 unspecified atom stereocenters. The number of carbonyl (C=O) groups excluding carboxylic acids is 3. The van der Waals surface area contributed by atoms with E-state index >= 15 is 0 Å². The van der Waals surface area contributed by atoms with E-state index in [9.17, 15) is 14.4 Å². The van der Waals surface area contributed by atoms with Crippen molar-refractivity contribution in [1.29, 1.82) is 0 Å². The van der Waals surface area contributed by atoms with Crippen molar-refractivity contribution in [1.82, 2.24) is 10.2 Å². The van der Waals surface area contributed by atoms with Gasteiger partial charge in [-0.05, 0) is 30.5 Å². The number of imide groups is 1. The highest BCUT2D eigenvalue weighted by molar-refractivity contribution is 5.96. The summed E-state index contributed by atoms with van der Waals surface area (Å²) < 4.78 is 0. The normalized spacial score (nSPS) is 19.7. The number of piperidine rings is 1. The van der Waals surface area contributed by atoms with Crippen molar-refractivity contribution >= 4 is 23.9 Å². The third kappa shape index (κ3) is 3.70. The lowest BCUT2D eigenvalue weighted by Crippen LogP contribution is -2.48. The van der Waals surface area contributed by atoms with Crippen molar-refractivity contribution in [2.45, 2.75) is 25.8 Å². The second-order valence-corrected chi connectivity index (χ2v) is 6.15. The predicted octanol–water partition coefficient (Wildman–Crippen LogP) is 1.54. The van der Waals surface area contributed by atoms with Gasteiger partial charge in [-0.25, -0.2) is 4.79 Å². The molecule has 1 aromatic rings. The SMILES string of the molecule is O=CC1CCN(c2ccc(CN3CCC(=O)NC3=O)cc2)CC1. The van der Waals surface area contributed by atoms with Crippen LogP contribution >= 0.6 is 0 Å². The number of rotatable bonds is 4. The van der Waals surface area contributed by atoms with Gasteiger partial charge >= 0.3 is 6.03 Å². The summed E-state index contributed by atoms with van der Waals surface area (Å²) >= 11 is 0. The van der Waals surface area contributed by atoms with E-state index in [2.05, 4.69) is 22.3 Å². The summed E-state index contributed by atoms with van der Waals surface area (Å²) in [5.41, 5.74) is 2.19. The van der Waals surface area contributed by atoms with Gasteiger partial charge in [-0.2, -0.15) is 0 Å². The van der Waals surface area contributed by atoms with Gasteiger partial charge in [-0.15, -0.1) is 0 Å². The smallest absolute Gasteiger partial charge is 0.324 e. The lowest BCUT2D eigenvalue weighted by Gasteiger charge is -2.32. The molecule has 122 valence electrons. The number of amides is 3. The zero-order valence-electron chi connectivity index (χ0n) is 13.0. The van der Waals surface area contributed by atoms with Crippen molar-refractivity contribution in [3.63, 3.8) is 0 Å². The number of hydrogen-bond acceptors (Lipinski definition) is 4. The molecule has 0 aliphatic carbocycles. The number of benzene rings is 1. The molecule has 0 radical (unpaired) electrons. The molecule has 0 bridgehead atoms. The molecular formula is C17H21N3O3. The molecule has 3 amide bonds. The summed E-state index contributed by atoms with van der Waals surface area (Å²) in [5, 5.41) is 2.33. The van der Waals surface area contributed by atoms with E-state index in [1.165, 1.54) is 0 Å². The molecule has 6 heteroatoms. The molecule has 0 aromatic heterocycles. The monoisotopic (exact) mass is 315 g/mol. The quantitative estimate of drug-likeness (QED) is 0.856. The molecule has 1 aromatic carbocycles. The van der Waals surface area contributed by atoms with Gasteiger partial charge in [0, 0.05) is 44.2 Å². The maximum Gasteiger partial charge on any atom is 0.324 e. The van der Waals surface area contributed by atoms with Crippen molar-refractivity contribution in [2.24, 2.45) is 5.92 Å². The molecule has 0 atom stereocenters. The van der Waals surface area contributed by atoms with Crippen LogP contribution in [-0.4, -0.2) is 42.8 Å². The third-order valence-corrected chi connectivity index (χ3v) is 4.55. The topological polar surface area (TPSA) is 69.7 Å². The summed E-state index contributed by atoms with van der Waals surface area (Å²) in [6.45, 7) is 2.77. The summed E-state index contributed by atoms with van der Waals surface area (Å²) in [5.74, 6) is -0.00817. The van der Waals surface area contributed by atoms with Crippen LogP contribution in [0.1, 0.15) is 24.8 Å². The molecule has 2 fully saturated rings. The fraction of sp³-hybridized carbons (Fsp3) is 0.471. The molecule has 23 heavy (non-hydrogen) atoms. The Kier molecular flexibility index (Phi) is 4.60. The standard InChI is InChI=1S/C17H21N3O3/c21-12-14-5-8-19(9-6-14)15-3-1-13(2-4-15)11-20-10-7-16(22)18-17(20)23/h1-4,12,14H,5-11H2,(H,18,22,23). The van der Waals surface area contributed by atoms with Crippen molar-refractivity contribution in [3.05, 3.63) is 29.8 Å². The minimum absolute atomic E-state index is 0.200. The maximum atomic E-state index is 11.7. The zero-order chi connectivity index (χ0) is 16.2. The first kappa shape index (κ1) is 15.5. The predicted molar refractivity (Wildman–Crippen MR) is 86.0 cm³/mol. The lowest BCUT2D eigenvalue weighted by molar-refractivity contribution is -0.121. The Hall–Kier alpha value is -2.37. The van der Waals surface area contributed by atoms with Crippen LogP contribution < -0.4 is 10.2 Å². The molecule has 2 heterocycles. The van der Waals surface area contributed by atoms with E-state index in [0.29, 0.717) is 19.5 Å². The fourth-order valence-electron chi connectivity index (χ4n) is 3.08. The number of urea groups is 1. The van der Waals surface area contributed by atoms with Gasteiger partial charge < -0.3 is 14.6 Å². The second kappa shape index (κ2) is 6.81. The van der Waals surface area contributed by atoms with E-state index in [0.717, 1.165) is 43.5 Å². The molecular weight excluding hydrogens is 294 g/mol. The highest BCUT2D eigenvalue weighted by Crippen LogP contribution is 2.23. The molecule has 1 N–H and O–H groups in total. The minimum Gasteiger partial charge on any atom is -0.371 e. The van der Waals surface area contributed by atoms with Crippen LogP contribution in [0.4, 0.5) is 10.5 Å². The highest BCUT2D eigenvalue weighted by Gasteiger charge is 2.23. The van der Waals surface area contributed by atoms with Gasteiger partial charge in [0.15, 0.2) is 0 Å². The number of nitrogens with zero attached hydrogens (tertiary/aromatic N) is 2. The van der Waals surface area contributed by atoms with Gasteiger partial charge in [0.2, 0.25) is 5.91 Å². The van der Waals surface area contributed by atoms with E-state index in [1.807, 2.05) is 12.1 Å². The molecule has 6 nitrogen and oxygen atoms in total. The average Bonchev–Trinajstić information content (AvgIpc) is 2.58. The third-order valence-electron chi connectivity index (χ3n) is 4.55. The van der Waals surface area contributed by atoms with Gasteiger partial charge in [-0.1, -0.05) is 12.1 Å². The largest absolute Gasteiger partial charge is 0.371 e. The molecule has 2 aliphatic rings. The first-order chi connectivity index (χ1) is 11.2. The van der Waals surface area contributed by atoms with Gasteiger partial charge in [0.25, 0.3) is 0 Å². The molecule has 2 aliphatic heterocycles. The minimum atomic E-state index is -0.318. The lowest BCUT2D eigenvalue weighted by atomic mass is 9.98. The van der Waals surface area contributed by atoms with Crippen LogP contribution in [0.5, 0.6) is 0 Å². The number of aldehydes is 1. The van der Waals surface area contributed by atoms with Crippen LogP contribution in [-0.2, 0) is 16.1 Å². The van der Waals surface area contributed by atoms with Crippen LogP contribution in [0, 0.1) is 5.92 Å². The van der Waals surface area contributed by atoms with E-state index in [-0.39, 0.29) is 17.9 Å². The zero-order valence-corrected chi connectivity index (χ0v) is 13.0. The van der Waals surface area contributed by atoms with E-state index in [4.69, 9.17) is 0 Å². The first-order valence-electron chi connectivity index (χ1n) is 8.03. The van der Waals surface area contributed by atoms with Crippen molar-refractivity contribution in [2.75, 3.05) is 24.5 Å². The van der Waals surface area contributed by atoms with E-state index in [1.54, 1.807) is 4.90 Å². The summed E-state index contributed by atoms with van der Waals surface area (Å²) in [6.07, 6.45) is 3.24. The Bertz CT molecular complexity index is 592. The number of anilines is 1. The first-order valence-corrected chi connectivity index (χ1v) is 8.03. The van der Waals surface area contributed by atoms with Crippen molar-refractivity contribution in [3.8, 4) is 0 Å². The maximum absolute atomic E-state index is 11.7. The van der Waals surface area contributed by atoms with Gasteiger partial charge in [0.05, 0.1) is 0 Å². The van der Waals surface area contributed by atoms with Gasteiger partial charge in [-0.3, -0.25) is 10.1 Å². The Morgan fingerprint density at radius 3 is 2.39 bits per heavy atom. The van der Waals surface area contributed by atoms with Crippen LogP contribution in [0.15, 0.2) is 24.3 Å². The number of nitrogens with one attached hydrogen (secondary N) is 1. The fourth-order valence-corrected chi connectivity index (χ4v) is 3.08. The summed E-state index contributed by atoms with van der Waals surface area (Å²) in [7, 11) is 0. The number of hydrogen-bond donors (Lipinski definition) is 1. The number of carbonyl (C=O) groups is 3. The highest BCUT2D eigenvalue weighted by atomic mass is 16.2. The van der Waals surface area contributed by atoms with E-state index < -0.39 is 0 Å². The van der Waals surface area contributed by atoms with Gasteiger partial charge in [0.1, 0.15) is 6.29 Å². The molecule has 0 saturated carbocycles.